The third-order valence-electron chi connectivity index (χ3n) is 3.51. The molecule has 0 unspecified atom stereocenters. The van der Waals surface area contributed by atoms with E-state index in [4.69, 9.17) is 23.2 Å². The topological polar surface area (TPSA) is 66.9 Å². The molecule has 0 saturated carbocycles. The molecule has 26 heavy (non-hydrogen) atoms. The van der Waals surface area contributed by atoms with Crippen LogP contribution < -0.4 is 10.6 Å². The van der Waals surface area contributed by atoms with Crippen molar-refractivity contribution in [3.05, 3.63) is 75.9 Å². The van der Waals surface area contributed by atoms with Gasteiger partial charge >= 0.3 is 0 Å². The molecule has 0 aliphatic heterocycles. The summed E-state index contributed by atoms with van der Waals surface area (Å²) in [6, 6.07) is 9.42. The number of aromatic nitrogens is 2. The van der Waals surface area contributed by atoms with Crippen LogP contribution in [0.3, 0.4) is 0 Å². The Morgan fingerprint density at radius 2 is 1.73 bits per heavy atom. The van der Waals surface area contributed by atoms with Gasteiger partial charge in [-0.25, -0.2) is 14.4 Å². The normalized spacial score (nSPS) is 10.5. The molecular formula is C18H13Cl2FN4O. The largest absolute Gasteiger partial charge is 0.339 e. The molecule has 3 rings (SSSR count). The van der Waals surface area contributed by atoms with Gasteiger partial charge in [0.05, 0.1) is 17.4 Å². The van der Waals surface area contributed by atoms with Crippen molar-refractivity contribution in [2.45, 2.75) is 6.92 Å². The van der Waals surface area contributed by atoms with Gasteiger partial charge in [-0.15, -0.1) is 0 Å². The van der Waals surface area contributed by atoms with Crippen LogP contribution in [0, 0.1) is 12.7 Å². The van der Waals surface area contributed by atoms with Crippen molar-refractivity contribution in [3.8, 4) is 0 Å². The van der Waals surface area contributed by atoms with Gasteiger partial charge in [-0.3, -0.25) is 4.79 Å². The average molecular weight is 391 g/mol. The first kappa shape index (κ1) is 18.1. The molecule has 0 atom stereocenters. The second-order valence-corrected chi connectivity index (χ2v) is 6.27. The van der Waals surface area contributed by atoms with Gasteiger partial charge in [0, 0.05) is 16.4 Å². The smallest absolute Gasteiger partial charge is 0.275 e. The molecule has 0 saturated heterocycles. The van der Waals surface area contributed by atoms with Crippen molar-refractivity contribution in [3.63, 3.8) is 0 Å². The van der Waals surface area contributed by atoms with Crippen LogP contribution >= 0.6 is 23.2 Å². The molecule has 0 spiro atoms. The van der Waals surface area contributed by atoms with E-state index in [1.54, 1.807) is 12.1 Å². The summed E-state index contributed by atoms with van der Waals surface area (Å²) in [4.78, 5) is 20.4. The van der Waals surface area contributed by atoms with Crippen LogP contribution in [-0.2, 0) is 0 Å². The maximum atomic E-state index is 13.2. The van der Waals surface area contributed by atoms with Crippen LogP contribution in [0.5, 0.6) is 0 Å². The van der Waals surface area contributed by atoms with E-state index in [1.165, 1.54) is 30.6 Å². The molecule has 0 fully saturated rings. The first-order valence-electron chi connectivity index (χ1n) is 7.54. The molecule has 8 heteroatoms. The van der Waals surface area contributed by atoms with E-state index in [1.807, 2.05) is 13.0 Å². The molecule has 0 radical (unpaired) electrons. The van der Waals surface area contributed by atoms with Crippen LogP contribution in [0.4, 0.5) is 21.6 Å². The third kappa shape index (κ3) is 4.28. The van der Waals surface area contributed by atoms with Gasteiger partial charge in [0.15, 0.2) is 0 Å². The number of anilines is 3. The second-order valence-electron chi connectivity index (χ2n) is 5.46. The molecule has 2 aromatic carbocycles. The SMILES string of the molecule is Cc1ccc(NC(=O)c2cnc(Nc3ccc(F)c(Cl)c3)cn2)cc1Cl. The Hall–Kier alpha value is -2.70. The summed E-state index contributed by atoms with van der Waals surface area (Å²) in [6.07, 6.45) is 2.73. The Balaban J connectivity index is 1.69. The van der Waals surface area contributed by atoms with Crippen molar-refractivity contribution in [2.75, 3.05) is 10.6 Å². The van der Waals surface area contributed by atoms with Crippen LogP contribution in [0.1, 0.15) is 16.1 Å². The lowest BCUT2D eigenvalue weighted by atomic mass is 10.2. The number of halogens is 3. The molecule has 132 valence electrons. The van der Waals surface area contributed by atoms with Gasteiger partial charge in [0.2, 0.25) is 0 Å². The lowest BCUT2D eigenvalue weighted by Crippen LogP contribution is -2.14. The third-order valence-corrected chi connectivity index (χ3v) is 4.20. The lowest BCUT2D eigenvalue weighted by molar-refractivity contribution is 0.102. The second kappa shape index (κ2) is 7.68. The Morgan fingerprint density at radius 1 is 1.00 bits per heavy atom. The van der Waals surface area contributed by atoms with Crippen molar-refractivity contribution < 1.29 is 9.18 Å². The Morgan fingerprint density at radius 3 is 2.38 bits per heavy atom. The number of carbonyl (C=O) groups excluding carboxylic acids is 1. The van der Waals surface area contributed by atoms with Crippen molar-refractivity contribution in [2.24, 2.45) is 0 Å². The number of nitrogens with one attached hydrogen (secondary N) is 2. The molecule has 2 N–H and O–H groups in total. The summed E-state index contributed by atoms with van der Waals surface area (Å²) in [5.74, 6) is -0.525. The number of hydrogen-bond acceptors (Lipinski definition) is 4. The van der Waals surface area contributed by atoms with Gasteiger partial charge < -0.3 is 10.6 Å². The number of hydrogen-bond donors (Lipinski definition) is 2. The molecule has 5 nitrogen and oxygen atoms in total. The summed E-state index contributed by atoms with van der Waals surface area (Å²) in [7, 11) is 0. The van der Waals surface area contributed by atoms with Crippen molar-refractivity contribution >= 4 is 46.3 Å². The Labute approximate surface area is 159 Å². The zero-order valence-corrected chi connectivity index (χ0v) is 15.1. The monoisotopic (exact) mass is 390 g/mol. The number of benzene rings is 2. The number of aryl methyl sites for hydroxylation is 1. The van der Waals surface area contributed by atoms with E-state index < -0.39 is 11.7 Å². The summed E-state index contributed by atoms with van der Waals surface area (Å²) in [5.41, 5.74) is 2.18. The maximum absolute atomic E-state index is 13.2. The summed E-state index contributed by atoms with van der Waals surface area (Å²) in [5, 5.41) is 6.19. The zero-order chi connectivity index (χ0) is 18.7. The highest BCUT2D eigenvalue weighted by molar-refractivity contribution is 6.31. The quantitative estimate of drug-likeness (QED) is 0.640. The van der Waals surface area contributed by atoms with E-state index >= 15 is 0 Å². The van der Waals surface area contributed by atoms with E-state index in [-0.39, 0.29) is 10.7 Å². The van der Waals surface area contributed by atoms with E-state index in [2.05, 4.69) is 20.6 Å². The van der Waals surface area contributed by atoms with E-state index in [0.29, 0.717) is 22.2 Å². The number of carbonyl (C=O) groups is 1. The zero-order valence-electron chi connectivity index (χ0n) is 13.6. The summed E-state index contributed by atoms with van der Waals surface area (Å²) < 4.78 is 13.2. The fourth-order valence-corrected chi connectivity index (χ4v) is 2.46. The number of amides is 1. The minimum atomic E-state index is -0.508. The summed E-state index contributed by atoms with van der Waals surface area (Å²) >= 11 is 11.8. The van der Waals surface area contributed by atoms with Gasteiger partial charge in [-0.1, -0.05) is 29.3 Å². The average Bonchev–Trinajstić information content (AvgIpc) is 2.62. The minimum Gasteiger partial charge on any atom is -0.339 e. The Kier molecular flexibility index (Phi) is 5.35. The molecule has 0 bridgehead atoms. The predicted molar refractivity (Wildman–Crippen MR) is 101 cm³/mol. The van der Waals surface area contributed by atoms with Gasteiger partial charge in [0.25, 0.3) is 5.91 Å². The molecule has 1 heterocycles. The van der Waals surface area contributed by atoms with E-state index in [9.17, 15) is 9.18 Å². The molecule has 1 amide bonds. The fraction of sp³-hybridized carbons (Fsp3) is 0.0556. The fourth-order valence-electron chi connectivity index (χ4n) is 2.10. The summed E-state index contributed by atoms with van der Waals surface area (Å²) in [6.45, 7) is 1.87. The van der Waals surface area contributed by atoms with Crippen molar-refractivity contribution in [1.29, 1.82) is 0 Å². The van der Waals surface area contributed by atoms with Gasteiger partial charge in [0.1, 0.15) is 17.3 Å². The maximum Gasteiger partial charge on any atom is 0.275 e. The standard InChI is InChI=1S/C18H13Cl2FN4O/c1-10-2-3-12(6-13(10)19)25-18(26)16-8-23-17(9-22-16)24-11-4-5-15(21)14(20)7-11/h2-9H,1H3,(H,23,24)(H,25,26). The first-order valence-corrected chi connectivity index (χ1v) is 8.29. The molecular weight excluding hydrogens is 378 g/mol. The number of nitrogens with zero attached hydrogens (tertiary/aromatic N) is 2. The lowest BCUT2D eigenvalue weighted by Gasteiger charge is -2.08. The molecule has 3 aromatic rings. The number of rotatable bonds is 4. The highest BCUT2D eigenvalue weighted by Gasteiger charge is 2.10. The van der Waals surface area contributed by atoms with Gasteiger partial charge in [-0.05, 0) is 42.8 Å². The van der Waals surface area contributed by atoms with Crippen LogP contribution in [0.2, 0.25) is 10.0 Å². The van der Waals surface area contributed by atoms with Gasteiger partial charge in [-0.2, -0.15) is 0 Å². The van der Waals surface area contributed by atoms with Crippen LogP contribution in [0.15, 0.2) is 48.8 Å². The van der Waals surface area contributed by atoms with Crippen molar-refractivity contribution in [1.82, 2.24) is 9.97 Å². The highest BCUT2D eigenvalue weighted by Crippen LogP contribution is 2.22. The van der Waals surface area contributed by atoms with Crippen LogP contribution in [0.25, 0.3) is 0 Å². The highest BCUT2D eigenvalue weighted by atomic mass is 35.5. The minimum absolute atomic E-state index is 0.00397. The first-order chi connectivity index (χ1) is 12.4. The predicted octanol–water partition coefficient (Wildman–Crippen LogP) is 5.23. The van der Waals surface area contributed by atoms with Crippen LogP contribution in [-0.4, -0.2) is 15.9 Å². The van der Waals surface area contributed by atoms with E-state index in [0.717, 1.165) is 5.56 Å². The molecule has 1 aromatic heterocycles. The Bertz CT molecular complexity index is 964. The molecule has 0 aliphatic carbocycles. The molecule has 0 aliphatic rings.